The molecule has 7 heteroatoms. The Bertz CT molecular complexity index is 795. The van der Waals surface area contributed by atoms with E-state index >= 15 is 0 Å². The normalized spacial score (nSPS) is 12.6. The first kappa shape index (κ1) is 19.5. The molecule has 2 N–H and O–H groups in total. The molecule has 0 aromatic heterocycles. The average molecular weight is 375 g/mol. The van der Waals surface area contributed by atoms with E-state index in [4.69, 9.17) is 16.3 Å². The number of anilines is 1. The second kappa shape index (κ2) is 9.01. The van der Waals surface area contributed by atoms with E-state index in [1.807, 2.05) is 0 Å². The molecule has 2 rings (SSSR count). The minimum Gasteiger partial charge on any atom is -0.451 e. The van der Waals surface area contributed by atoms with Gasteiger partial charge in [-0.3, -0.25) is 9.59 Å². The van der Waals surface area contributed by atoms with Crippen LogP contribution in [0.2, 0.25) is 5.02 Å². The van der Waals surface area contributed by atoms with Crippen molar-refractivity contribution in [2.75, 3.05) is 5.32 Å². The van der Waals surface area contributed by atoms with Crippen molar-refractivity contribution in [2.45, 2.75) is 26.0 Å². The third kappa shape index (κ3) is 5.32. The van der Waals surface area contributed by atoms with E-state index in [9.17, 15) is 14.4 Å². The number of carbonyl (C=O) groups excluding carboxylic acids is 3. The van der Waals surface area contributed by atoms with Crippen molar-refractivity contribution >= 4 is 35.1 Å². The summed E-state index contributed by atoms with van der Waals surface area (Å²) in [6.07, 6.45) is -1.05. The molecule has 2 amide bonds. The van der Waals surface area contributed by atoms with E-state index in [-0.39, 0.29) is 0 Å². The number of halogens is 1. The number of ether oxygens (including phenoxy) is 1. The molecule has 0 saturated heterocycles. The van der Waals surface area contributed by atoms with Crippen LogP contribution in [0.1, 0.15) is 24.2 Å². The van der Waals surface area contributed by atoms with Gasteiger partial charge in [-0.25, -0.2) is 4.79 Å². The summed E-state index contributed by atoms with van der Waals surface area (Å²) in [7, 11) is 0. The Hall–Kier alpha value is -2.86. The molecule has 0 spiro atoms. The molecule has 2 aromatic carbocycles. The summed E-state index contributed by atoms with van der Waals surface area (Å²) >= 11 is 5.97. The maximum atomic E-state index is 12.1. The average Bonchev–Trinajstić information content (AvgIpc) is 2.64. The van der Waals surface area contributed by atoms with E-state index < -0.39 is 29.9 Å². The van der Waals surface area contributed by atoms with Crippen LogP contribution in [0.25, 0.3) is 0 Å². The predicted molar refractivity (Wildman–Crippen MR) is 99.0 cm³/mol. The maximum absolute atomic E-state index is 12.1. The summed E-state index contributed by atoms with van der Waals surface area (Å²) in [5.74, 6) is -1.63. The predicted octanol–water partition coefficient (Wildman–Crippen LogP) is 3.03. The highest BCUT2D eigenvalue weighted by Crippen LogP contribution is 2.20. The lowest BCUT2D eigenvalue weighted by atomic mass is 10.2. The third-order valence-electron chi connectivity index (χ3n) is 3.53. The molecule has 0 radical (unpaired) electrons. The topological polar surface area (TPSA) is 84.5 Å². The molecule has 0 unspecified atom stereocenters. The summed E-state index contributed by atoms with van der Waals surface area (Å²) in [4.78, 5) is 36.3. The summed E-state index contributed by atoms with van der Waals surface area (Å²) < 4.78 is 5.11. The molecule has 0 aliphatic rings. The van der Waals surface area contributed by atoms with Crippen molar-refractivity contribution in [2.24, 2.45) is 0 Å². The highest BCUT2D eigenvalue weighted by molar-refractivity contribution is 6.33. The Kier molecular flexibility index (Phi) is 6.74. The van der Waals surface area contributed by atoms with E-state index in [1.54, 1.807) is 54.6 Å². The van der Waals surface area contributed by atoms with E-state index in [0.29, 0.717) is 16.3 Å². The van der Waals surface area contributed by atoms with Crippen molar-refractivity contribution in [3.63, 3.8) is 0 Å². The van der Waals surface area contributed by atoms with Crippen molar-refractivity contribution in [1.82, 2.24) is 5.32 Å². The van der Waals surface area contributed by atoms with Crippen molar-refractivity contribution in [3.8, 4) is 0 Å². The summed E-state index contributed by atoms with van der Waals surface area (Å²) in [6.45, 7) is 2.93. The standard InChI is InChI=1S/C19H19ClN2O4/c1-12(21-18(24)14-8-4-3-5-9-14)19(25)26-13(2)17(23)22-16-11-7-6-10-15(16)20/h3-13H,1-2H3,(H,21,24)(H,22,23)/t12-,13-/m0/s1. The SMILES string of the molecule is C[C@H](NC(=O)c1ccccc1)C(=O)O[C@@H](C)C(=O)Nc1ccccc1Cl. The number of hydrogen-bond acceptors (Lipinski definition) is 4. The summed E-state index contributed by atoms with van der Waals surface area (Å²) in [5.41, 5.74) is 0.851. The Morgan fingerprint density at radius 1 is 0.962 bits per heavy atom. The lowest BCUT2D eigenvalue weighted by molar-refractivity contribution is -0.154. The fourth-order valence-electron chi connectivity index (χ4n) is 2.06. The summed E-state index contributed by atoms with van der Waals surface area (Å²) in [6, 6.07) is 14.3. The molecule has 0 bridgehead atoms. The van der Waals surface area contributed by atoms with Crippen LogP contribution < -0.4 is 10.6 Å². The van der Waals surface area contributed by atoms with Gasteiger partial charge in [-0.2, -0.15) is 0 Å². The Balaban J connectivity index is 1.88. The molecule has 6 nitrogen and oxygen atoms in total. The Morgan fingerprint density at radius 3 is 2.23 bits per heavy atom. The van der Waals surface area contributed by atoms with Crippen molar-refractivity contribution < 1.29 is 19.1 Å². The van der Waals surface area contributed by atoms with Gasteiger partial charge in [-0.1, -0.05) is 41.9 Å². The number of nitrogens with one attached hydrogen (secondary N) is 2. The molecular formula is C19H19ClN2O4. The zero-order valence-electron chi connectivity index (χ0n) is 14.4. The zero-order valence-corrected chi connectivity index (χ0v) is 15.1. The van der Waals surface area contributed by atoms with E-state index in [1.165, 1.54) is 13.8 Å². The second-order valence-corrected chi connectivity index (χ2v) is 6.02. The molecule has 0 saturated carbocycles. The Morgan fingerprint density at radius 2 is 1.58 bits per heavy atom. The molecule has 2 atom stereocenters. The molecular weight excluding hydrogens is 356 g/mol. The lowest BCUT2D eigenvalue weighted by Crippen LogP contribution is -2.42. The third-order valence-corrected chi connectivity index (χ3v) is 3.86. The van der Waals surface area contributed by atoms with Crippen LogP contribution in [0.5, 0.6) is 0 Å². The second-order valence-electron chi connectivity index (χ2n) is 5.61. The molecule has 0 heterocycles. The van der Waals surface area contributed by atoms with Gasteiger partial charge in [0.25, 0.3) is 11.8 Å². The van der Waals surface area contributed by atoms with Crippen LogP contribution in [0.15, 0.2) is 54.6 Å². The first-order valence-electron chi connectivity index (χ1n) is 8.00. The molecule has 26 heavy (non-hydrogen) atoms. The molecule has 136 valence electrons. The minimum atomic E-state index is -1.05. The highest BCUT2D eigenvalue weighted by Gasteiger charge is 2.23. The lowest BCUT2D eigenvalue weighted by Gasteiger charge is -2.18. The van der Waals surface area contributed by atoms with Gasteiger partial charge in [-0.05, 0) is 38.1 Å². The van der Waals surface area contributed by atoms with Gasteiger partial charge < -0.3 is 15.4 Å². The molecule has 0 aliphatic carbocycles. The highest BCUT2D eigenvalue weighted by atomic mass is 35.5. The number of rotatable bonds is 6. The van der Waals surface area contributed by atoms with Crippen LogP contribution >= 0.6 is 11.6 Å². The molecule has 2 aromatic rings. The Labute approximate surface area is 156 Å². The smallest absolute Gasteiger partial charge is 0.329 e. The monoisotopic (exact) mass is 374 g/mol. The van der Waals surface area contributed by atoms with Crippen LogP contribution in [0.3, 0.4) is 0 Å². The number of esters is 1. The van der Waals surface area contributed by atoms with E-state index in [0.717, 1.165) is 0 Å². The van der Waals surface area contributed by atoms with Crippen LogP contribution in [-0.2, 0) is 14.3 Å². The van der Waals surface area contributed by atoms with Crippen LogP contribution in [0.4, 0.5) is 5.69 Å². The van der Waals surface area contributed by atoms with Crippen molar-refractivity contribution in [3.05, 3.63) is 65.2 Å². The van der Waals surface area contributed by atoms with Gasteiger partial charge in [-0.15, -0.1) is 0 Å². The van der Waals surface area contributed by atoms with Crippen LogP contribution in [0, 0.1) is 0 Å². The van der Waals surface area contributed by atoms with Crippen LogP contribution in [-0.4, -0.2) is 29.9 Å². The van der Waals surface area contributed by atoms with Gasteiger partial charge in [0.15, 0.2) is 6.10 Å². The number of carbonyl (C=O) groups is 3. The number of hydrogen-bond donors (Lipinski definition) is 2. The number of benzene rings is 2. The van der Waals surface area contributed by atoms with Gasteiger partial charge >= 0.3 is 5.97 Å². The van der Waals surface area contributed by atoms with E-state index in [2.05, 4.69) is 10.6 Å². The zero-order chi connectivity index (χ0) is 19.1. The number of amides is 2. The summed E-state index contributed by atoms with van der Waals surface area (Å²) in [5, 5.41) is 5.50. The fourth-order valence-corrected chi connectivity index (χ4v) is 2.24. The molecule has 0 aliphatic heterocycles. The van der Waals surface area contributed by atoms with Gasteiger partial charge in [0.1, 0.15) is 6.04 Å². The first-order chi connectivity index (χ1) is 12.4. The van der Waals surface area contributed by atoms with Gasteiger partial charge in [0.05, 0.1) is 10.7 Å². The maximum Gasteiger partial charge on any atom is 0.329 e. The van der Waals surface area contributed by atoms with Crippen molar-refractivity contribution in [1.29, 1.82) is 0 Å². The number of para-hydroxylation sites is 1. The fraction of sp³-hybridized carbons (Fsp3) is 0.211. The molecule has 0 fully saturated rings. The minimum absolute atomic E-state index is 0.378. The largest absolute Gasteiger partial charge is 0.451 e. The first-order valence-corrected chi connectivity index (χ1v) is 8.38. The van der Waals surface area contributed by atoms with Gasteiger partial charge in [0, 0.05) is 5.56 Å². The van der Waals surface area contributed by atoms with Gasteiger partial charge in [0.2, 0.25) is 0 Å². The quantitative estimate of drug-likeness (QED) is 0.761.